The van der Waals surface area contributed by atoms with Crippen LogP contribution in [0.25, 0.3) is 11.3 Å². The van der Waals surface area contributed by atoms with Crippen LogP contribution in [0.4, 0.5) is 8.78 Å². The first-order chi connectivity index (χ1) is 13.5. The van der Waals surface area contributed by atoms with Crippen molar-refractivity contribution < 1.29 is 18.3 Å². The van der Waals surface area contributed by atoms with Gasteiger partial charge in [0.2, 0.25) is 5.91 Å². The Bertz CT molecular complexity index is 1050. The molecule has 1 heterocycles. The van der Waals surface area contributed by atoms with Crippen LogP contribution >= 0.6 is 0 Å². The number of hydrogen-bond acceptors (Lipinski definition) is 4. The van der Waals surface area contributed by atoms with Gasteiger partial charge in [0, 0.05) is 24.2 Å². The van der Waals surface area contributed by atoms with Gasteiger partial charge in [-0.2, -0.15) is 5.10 Å². The number of ether oxygens (including phenoxy) is 1. The van der Waals surface area contributed by atoms with E-state index in [-0.39, 0.29) is 30.2 Å². The van der Waals surface area contributed by atoms with Crippen LogP contribution in [-0.2, 0) is 17.9 Å². The summed E-state index contributed by atoms with van der Waals surface area (Å²) in [6.45, 7) is -0.147. The number of amides is 1. The molecule has 1 aromatic heterocycles. The smallest absolute Gasteiger partial charge is 0.267 e. The molecule has 0 atom stereocenters. The molecule has 0 radical (unpaired) electrons. The molecule has 2 aromatic carbocycles. The number of benzene rings is 2. The number of carbonyl (C=O) groups excluding carboxylic acids is 1. The van der Waals surface area contributed by atoms with Gasteiger partial charge in [-0.05, 0) is 35.9 Å². The monoisotopic (exact) mass is 385 g/mol. The standard InChI is InChI=1S/C20H17F2N3O3/c1-28-15-6-7-16(17(22)10-15)18-8-9-20(27)25(24-18)12-19(26)23-11-13-2-4-14(21)5-3-13/h2-10H,11-12H2,1H3,(H,23,26). The Balaban J connectivity index is 1.73. The highest BCUT2D eigenvalue weighted by molar-refractivity contribution is 5.75. The molecular formula is C20H17F2N3O3. The van der Waals surface area contributed by atoms with E-state index in [4.69, 9.17) is 4.74 Å². The Morgan fingerprint density at radius 2 is 1.86 bits per heavy atom. The molecule has 8 heteroatoms. The van der Waals surface area contributed by atoms with Crippen LogP contribution in [0, 0.1) is 11.6 Å². The largest absolute Gasteiger partial charge is 0.497 e. The quantitative estimate of drug-likeness (QED) is 0.708. The summed E-state index contributed by atoms with van der Waals surface area (Å²) < 4.78 is 33.1. The molecule has 3 aromatic rings. The molecule has 1 amide bonds. The Hall–Kier alpha value is -3.55. The van der Waals surface area contributed by atoms with Crippen molar-refractivity contribution in [1.82, 2.24) is 15.1 Å². The van der Waals surface area contributed by atoms with E-state index in [1.807, 2.05) is 0 Å². The van der Waals surface area contributed by atoms with Gasteiger partial charge in [-0.25, -0.2) is 13.5 Å². The van der Waals surface area contributed by atoms with Crippen molar-refractivity contribution in [2.45, 2.75) is 13.1 Å². The molecule has 1 N–H and O–H groups in total. The van der Waals surface area contributed by atoms with Crippen molar-refractivity contribution in [3.8, 4) is 17.0 Å². The fourth-order valence-corrected chi connectivity index (χ4v) is 2.53. The van der Waals surface area contributed by atoms with Crippen LogP contribution in [0.5, 0.6) is 5.75 Å². The first-order valence-corrected chi connectivity index (χ1v) is 8.39. The molecule has 0 saturated heterocycles. The first kappa shape index (κ1) is 19.2. The minimum Gasteiger partial charge on any atom is -0.497 e. The lowest BCUT2D eigenvalue weighted by atomic mass is 10.1. The third kappa shape index (κ3) is 4.59. The molecule has 0 aliphatic rings. The summed E-state index contributed by atoms with van der Waals surface area (Å²) in [6.07, 6.45) is 0. The average molecular weight is 385 g/mol. The molecule has 0 aliphatic heterocycles. The maximum absolute atomic E-state index is 14.2. The molecular weight excluding hydrogens is 368 g/mol. The lowest BCUT2D eigenvalue weighted by Crippen LogP contribution is -2.33. The number of nitrogens with zero attached hydrogens (tertiary/aromatic N) is 2. The van der Waals surface area contributed by atoms with E-state index < -0.39 is 17.3 Å². The second-order valence-corrected chi connectivity index (χ2v) is 5.96. The second kappa shape index (κ2) is 8.43. The zero-order chi connectivity index (χ0) is 20.1. The van der Waals surface area contributed by atoms with Gasteiger partial charge in [0.1, 0.15) is 23.9 Å². The molecule has 144 valence electrons. The van der Waals surface area contributed by atoms with E-state index >= 15 is 0 Å². The number of rotatable bonds is 6. The molecule has 0 spiro atoms. The zero-order valence-corrected chi connectivity index (χ0v) is 15.0. The summed E-state index contributed by atoms with van der Waals surface area (Å²) in [5.41, 5.74) is 0.617. The van der Waals surface area contributed by atoms with E-state index in [9.17, 15) is 18.4 Å². The van der Waals surface area contributed by atoms with E-state index in [0.29, 0.717) is 11.3 Å². The van der Waals surface area contributed by atoms with Crippen LogP contribution in [0.3, 0.4) is 0 Å². The Morgan fingerprint density at radius 3 is 2.54 bits per heavy atom. The number of methoxy groups -OCH3 is 1. The molecule has 0 saturated carbocycles. The Kier molecular flexibility index (Phi) is 5.78. The second-order valence-electron chi connectivity index (χ2n) is 5.96. The maximum Gasteiger partial charge on any atom is 0.267 e. The lowest BCUT2D eigenvalue weighted by Gasteiger charge is -2.09. The van der Waals surface area contributed by atoms with Crippen LogP contribution < -0.4 is 15.6 Å². The minimum atomic E-state index is -0.558. The van der Waals surface area contributed by atoms with Gasteiger partial charge in [0.05, 0.1) is 12.8 Å². The van der Waals surface area contributed by atoms with E-state index in [0.717, 1.165) is 4.68 Å². The zero-order valence-electron chi connectivity index (χ0n) is 15.0. The molecule has 0 unspecified atom stereocenters. The molecule has 6 nitrogen and oxygen atoms in total. The van der Waals surface area contributed by atoms with Crippen LogP contribution in [-0.4, -0.2) is 22.8 Å². The summed E-state index contributed by atoms with van der Waals surface area (Å²) >= 11 is 0. The Morgan fingerprint density at radius 1 is 1.11 bits per heavy atom. The van der Waals surface area contributed by atoms with Crippen LogP contribution in [0.15, 0.2) is 59.4 Å². The van der Waals surface area contributed by atoms with Gasteiger partial charge < -0.3 is 10.1 Å². The highest BCUT2D eigenvalue weighted by Crippen LogP contribution is 2.23. The van der Waals surface area contributed by atoms with Gasteiger partial charge in [0.15, 0.2) is 0 Å². The summed E-state index contributed by atoms with van der Waals surface area (Å²) in [6, 6.07) is 12.6. The number of carbonyl (C=O) groups is 1. The SMILES string of the molecule is COc1ccc(-c2ccc(=O)n(CC(=O)NCc3ccc(F)cc3)n2)c(F)c1. The minimum absolute atomic E-state index is 0.181. The van der Waals surface area contributed by atoms with Gasteiger partial charge >= 0.3 is 0 Å². The average Bonchev–Trinajstić information content (AvgIpc) is 2.69. The normalized spacial score (nSPS) is 10.5. The molecule has 3 rings (SSSR count). The number of halogens is 2. The predicted molar refractivity (Wildman–Crippen MR) is 98.7 cm³/mol. The van der Waals surface area contributed by atoms with Crippen molar-refractivity contribution in [3.63, 3.8) is 0 Å². The highest BCUT2D eigenvalue weighted by atomic mass is 19.1. The summed E-state index contributed by atoms with van der Waals surface area (Å²) in [7, 11) is 1.43. The summed E-state index contributed by atoms with van der Waals surface area (Å²) in [4.78, 5) is 24.1. The van der Waals surface area contributed by atoms with Gasteiger partial charge in [-0.1, -0.05) is 12.1 Å². The van der Waals surface area contributed by atoms with E-state index in [2.05, 4.69) is 10.4 Å². The topological polar surface area (TPSA) is 73.2 Å². The van der Waals surface area contributed by atoms with Crippen LogP contribution in [0.2, 0.25) is 0 Å². The third-order valence-corrected chi connectivity index (χ3v) is 4.02. The van der Waals surface area contributed by atoms with Crippen molar-refractivity contribution in [2.24, 2.45) is 0 Å². The first-order valence-electron chi connectivity index (χ1n) is 8.39. The van der Waals surface area contributed by atoms with Crippen molar-refractivity contribution in [2.75, 3.05) is 7.11 Å². The van der Waals surface area contributed by atoms with E-state index in [1.54, 1.807) is 18.2 Å². The third-order valence-electron chi connectivity index (χ3n) is 4.02. The summed E-state index contributed by atoms with van der Waals surface area (Å²) in [5.74, 6) is -1.02. The molecule has 0 aliphatic carbocycles. The number of nitrogens with one attached hydrogen (secondary N) is 1. The summed E-state index contributed by atoms with van der Waals surface area (Å²) in [5, 5.41) is 6.71. The molecule has 0 bridgehead atoms. The van der Waals surface area contributed by atoms with Gasteiger partial charge in [0.25, 0.3) is 5.56 Å². The fraction of sp³-hybridized carbons (Fsp3) is 0.150. The number of hydrogen-bond donors (Lipinski definition) is 1. The van der Waals surface area contributed by atoms with Gasteiger partial charge in [-0.15, -0.1) is 0 Å². The Labute approximate surface area is 159 Å². The number of aromatic nitrogens is 2. The lowest BCUT2D eigenvalue weighted by molar-refractivity contribution is -0.122. The van der Waals surface area contributed by atoms with Crippen LogP contribution in [0.1, 0.15) is 5.56 Å². The fourth-order valence-electron chi connectivity index (χ4n) is 2.53. The predicted octanol–water partition coefficient (Wildman–Crippen LogP) is 2.51. The van der Waals surface area contributed by atoms with Crippen molar-refractivity contribution >= 4 is 5.91 Å². The van der Waals surface area contributed by atoms with Crippen molar-refractivity contribution in [3.05, 3.63) is 82.1 Å². The van der Waals surface area contributed by atoms with Crippen molar-refractivity contribution in [1.29, 1.82) is 0 Å². The maximum atomic E-state index is 14.2. The molecule has 28 heavy (non-hydrogen) atoms. The van der Waals surface area contributed by atoms with E-state index in [1.165, 1.54) is 43.5 Å². The van der Waals surface area contributed by atoms with Gasteiger partial charge in [-0.3, -0.25) is 9.59 Å². The highest BCUT2D eigenvalue weighted by Gasteiger charge is 2.12. The molecule has 0 fully saturated rings.